The molecule has 1 aromatic carbocycles. The molecular weight excluding hydrogens is 302 g/mol. The number of rotatable bonds is 7. The average molecular weight is 322 g/mol. The van der Waals surface area contributed by atoms with Crippen LogP contribution in [0.25, 0.3) is 0 Å². The molecule has 0 bridgehead atoms. The zero-order valence-electron chi connectivity index (χ0n) is 11.2. The minimum Gasteiger partial charge on any atom is -0.354 e. The summed E-state index contributed by atoms with van der Waals surface area (Å²) in [6, 6.07) is 8.36. The molecule has 0 aliphatic heterocycles. The van der Waals surface area contributed by atoms with Gasteiger partial charge in [0.2, 0.25) is 15.9 Å². The lowest BCUT2D eigenvalue weighted by Gasteiger charge is -2.12. The highest BCUT2D eigenvalue weighted by atomic mass is 35.5. The van der Waals surface area contributed by atoms with Gasteiger partial charge in [0.25, 0.3) is 0 Å². The standard InChI is InChI=1S/C12H19N3O3S.ClH/c1-19(17,18)15-9-5-8-14-12(16)11(13)10-6-3-2-4-7-10;/h2-4,6-7,11,15H,5,8-9,13H2,1H3,(H,14,16);1H. The van der Waals surface area contributed by atoms with Crippen molar-refractivity contribution in [1.29, 1.82) is 0 Å². The number of nitrogens with two attached hydrogens (primary N) is 1. The molecule has 6 nitrogen and oxygen atoms in total. The average Bonchev–Trinajstić information content (AvgIpc) is 2.37. The van der Waals surface area contributed by atoms with Gasteiger partial charge in [-0.1, -0.05) is 30.3 Å². The fraction of sp³-hybridized carbons (Fsp3) is 0.417. The summed E-state index contributed by atoms with van der Waals surface area (Å²) in [7, 11) is -3.17. The monoisotopic (exact) mass is 321 g/mol. The Labute approximate surface area is 125 Å². The second-order valence-corrected chi connectivity index (χ2v) is 6.03. The van der Waals surface area contributed by atoms with E-state index in [0.717, 1.165) is 11.8 Å². The fourth-order valence-corrected chi connectivity index (χ4v) is 1.99. The van der Waals surface area contributed by atoms with Crippen molar-refractivity contribution >= 4 is 28.3 Å². The van der Waals surface area contributed by atoms with Gasteiger partial charge in [0.05, 0.1) is 6.26 Å². The van der Waals surface area contributed by atoms with E-state index in [1.54, 1.807) is 12.1 Å². The summed E-state index contributed by atoms with van der Waals surface area (Å²) in [5.74, 6) is -0.273. The minimum atomic E-state index is -3.17. The Balaban J connectivity index is 0.00000361. The van der Waals surface area contributed by atoms with E-state index in [1.165, 1.54) is 0 Å². The van der Waals surface area contributed by atoms with Crippen LogP contribution >= 0.6 is 12.4 Å². The Morgan fingerprint density at radius 3 is 2.40 bits per heavy atom. The number of benzene rings is 1. The van der Waals surface area contributed by atoms with Crippen molar-refractivity contribution in [2.45, 2.75) is 12.5 Å². The molecule has 0 aliphatic rings. The molecule has 0 saturated heterocycles. The molecule has 1 atom stereocenters. The second-order valence-electron chi connectivity index (χ2n) is 4.20. The highest BCUT2D eigenvalue weighted by Gasteiger charge is 2.14. The number of carbonyl (C=O) groups is 1. The van der Waals surface area contributed by atoms with E-state index in [9.17, 15) is 13.2 Å². The molecule has 0 fully saturated rings. The van der Waals surface area contributed by atoms with Gasteiger partial charge in [0.15, 0.2) is 0 Å². The van der Waals surface area contributed by atoms with Crippen LogP contribution in [0.3, 0.4) is 0 Å². The predicted octanol–water partition coefficient (Wildman–Crippen LogP) is 0.164. The molecule has 0 radical (unpaired) electrons. The molecule has 20 heavy (non-hydrogen) atoms. The van der Waals surface area contributed by atoms with E-state index in [1.807, 2.05) is 18.2 Å². The fourth-order valence-electron chi connectivity index (χ4n) is 1.48. The van der Waals surface area contributed by atoms with Crippen LogP contribution in [0.15, 0.2) is 30.3 Å². The summed E-state index contributed by atoms with van der Waals surface area (Å²) in [5.41, 5.74) is 6.54. The van der Waals surface area contributed by atoms with Crippen LogP contribution in [-0.4, -0.2) is 33.7 Å². The lowest BCUT2D eigenvalue weighted by atomic mass is 10.1. The van der Waals surface area contributed by atoms with Crippen molar-refractivity contribution < 1.29 is 13.2 Å². The van der Waals surface area contributed by atoms with Crippen LogP contribution in [0.4, 0.5) is 0 Å². The van der Waals surface area contributed by atoms with Gasteiger partial charge in [-0.15, -0.1) is 12.4 Å². The lowest BCUT2D eigenvalue weighted by Crippen LogP contribution is -2.35. The molecule has 114 valence electrons. The van der Waals surface area contributed by atoms with Crippen molar-refractivity contribution in [1.82, 2.24) is 10.0 Å². The van der Waals surface area contributed by atoms with Crippen molar-refractivity contribution in [3.63, 3.8) is 0 Å². The number of nitrogens with one attached hydrogen (secondary N) is 2. The van der Waals surface area contributed by atoms with Crippen LogP contribution in [-0.2, 0) is 14.8 Å². The zero-order valence-corrected chi connectivity index (χ0v) is 12.8. The van der Waals surface area contributed by atoms with Gasteiger partial charge in [-0.05, 0) is 12.0 Å². The first-order chi connectivity index (χ1) is 8.90. The minimum absolute atomic E-state index is 0. The molecule has 1 unspecified atom stereocenters. The van der Waals surface area contributed by atoms with Gasteiger partial charge in [0.1, 0.15) is 6.04 Å². The molecule has 0 heterocycles. The summed E-state index contributed by atoms with van der Waals surface area (Å²) in [6.07, 6.45) is 1.61. The first kappa shape index (κ1) is 18.9. The number of halogens is 1. The van der Waals surface area contributed by atoms with Crippen LogP contribution in [0.5, 0.6) is 0 Å². The number of amides is 1. The smallest absolute Gasteiger partial charge is 0.241 e. The molecule has 4 N–H and O–H groups in total. The maximum Gasteiger partial charge on any atom is 0.241 e. The van der Waals surface area contributed by atoms with Gasteiger partial charge in [-0.25, -0.2) is 13.1 Å². The molecule has 0 spiro atoms. The Bertz CT molecular complexity index is 508. The molecule has 0 aliphatic carbocycles. The topological polar surface area (TPSA) is 101 Å². The van der Waals surface area contributed by atoms with E-state index >= 15 is 0 Å². The summed E-state index contributed by atoms with van der Waals surface area (Å²) in [4.78, 5) is 11.7. The number of hydrogen-bond donors (Lipinski definition) is 3. The molecule has 8 heteroatoms. The third-order valence-corrected chi connectivity index (χ3v) is 3.19. The van der Waals surface area contributed by atoms with Crippen LogP contribution < -0.4 is 15.8 Å². The maximum atomic E-state index is 11.7. The molecule has 0 saturated carbocycles. The number of sulfonamides is 1. The lowest BCUT2D eigenvalue weighted by molar-refractivity contribution is -0.122. The second kappa shape index (κ2) is 8.91. The van der Waals surface area contributed by atoms with Crippen LogP contribution in [0.2, 0.25) is 0 Å². The SMILES string of the molecule is CS(=O)(=O)NCCCNC(=O)C(N)c1ccccc1.Cl. The van der Waals surface area contributed by atoms with E-state index in [4.69, 9.17) is 5.73 Å². The summed E-state index contributed by atoms with van der Waals surface area (Å²) in [5, 5.41) is 2.67. The third-order valence-electron chi connectivity index (χ3n) is 2.46. The Hall–Kier alpha value is -1.15. The normalized spacial score (nSPS) is 12.3. The van der Waals surface area contributed by atoms with E-state index in [0.29, 0.717) is 19.5 Å². The first-order valence-electron chi connectivity index (χ1n) is 5.93. The molecular formula is C12H20ClN3O3S. The van der Waals surface area contributed by atoms with Gasteiger partial charge in [-0.3, -0.25) is 4.79 Å². The Kier molecular flexibility index (Phi) is 8.40. The Morgan fingerprint density at radius 2 is 1.85 bits per heavy atom. The molecule has 1 rings (SSSR count). The van der Waals surface area contributed by atoms with E-state index in [2.05, 4.69) is 10.0 Å². The van der Waals surface area contributed by atoms with Gasteiger partial charge in [-0.2, -0.15) is 0 Å². The summed E-state index contributed by atoms with van der Waals surface area (Å²) < 4.78 is 24.0. The number of carbonyl (C=O) groups excluding carboxylic acids is 1. The summed E-state index contributed by atoms with van der Waals surface area (Å²) >= 11 is 0. The van der Waals surface area contributed by atoms with Gasteiger partial charge in [0, 0.05) is 13.1 Å². The van der Waals surface area contributed by atoms with Crippen molar-refractivity contribution in [3.8, 4) is 0 Å². The Morgan fingerprint density at radius 1 is 1.25 bits per heavy atom. The third kappa shape index (κ3) is 7.44. The van der Waals surface area contributed by atoms with Gasteiger partial charge >= 0.3 is 0 Å². The molecule has 1 aromatic rings. The first-order valence-corrected chi connectivity index (χ1v) is 7.82. The highest BCUT2D eigenvalue weighted by molar-refractivity contribution is 7.88. The van der Waals surface area contributed by atoms with Gasteiger partial charge < -0.3 is 11.1 Å². The summed E-state index contributed by atoms with van der Waals surface area (Å²) in [6.45, 7) is 0.668. The van der Waals surface area contributed by atoms with Crippen LogP contribution in [0, 0.1) is 0 Å². The van der Waals surface area contributed by atoms with Crippen molar-refractivity contribution in [3.05, 3.63) is 35.9 Å². The predicted molar refractivity (Wildman–Crippen MR) is 81.1 cm³/mol. The maximum absolute atomic E-state index is 11.7. The number of hydrogen-bond acceptors (Lipinski definition) is 4. The van der Waals surface area contributed by atoms with E-state index in [-0.39, 0.29) is 18.3 Å². The highest BCUT2D eigenvalue weighted by Crippen LogP contribution is 2.08. The largest absolute Gasteiger partial charge is 0.354 e. The molecule has 0 aromatic heterocycles. The van der Waals surface area contributed by atoms with Crippen molar-refractivity contribution in [2.75, 3.05) is 19.3 Å². The zero-order chi connectivity index (χ0) is 14.3. The molecule has 1 amide bonds. The van der Waals surface area contributed by atoms with Crippen molar-refractivity contribution in [2.24, 2.45) is 5.73 Å². The van der Waals surface area contributed by atoms with E-state index < -0.39 is 16.1 Å². The van der Waals surface area contributed by atoms with Crippen LogP contribution in [0.1, 0.15) is 18.0 Å². The quantitative estimate of drug-likeness (QED) is 0.623.